The summed E-state index contributed by atoms with van der Waals surface area (Å²) in [5, 5.41) is 5.43. The summed E-state index contributed by atoms with van der Waals surface area (Å²) < 4.78 is 27.8. The molecule has 0 aromatic heterocycles. The van der Waals surface area contributed by atoms with Crippen LogP contribution < -0.4 is 10.6 Å². The van der Waals surface area contributed by atoms with Gasteiger partial charge in [-0.15, -0.1) is 0 Å². The molecule has 7 nitrogen and oxygen atoms in total. The van der Waals surface area contributed by atoms with Gasteiger partial charge in [-0.05, 0) is 50.3 Å². The zero-order valence-electron chi connectivity index (χ0n) is 17.8. The first-order valence-electron chi connectivity index (χ1n) is 11.1. The molecule has 0 unspecified atom stereocenters. The molecular weight excluding hydrogens is 402 g/mol. The first kappa shape index (κ1) is 22.7. The Labute approximate surface area is 179 Å². The molecule has 1 aromatic carbocycles. The Balaban J connectivity index is 1.62. The number of amides is 2. The van der Waals surface area contributed by atoms with Crippen LogP contribution in [-0.4, -0.2) is 44.2 Å². The molecule has 1 aromatic rings. The van der Waals surface area contributed by atoms with Crippen LogP contribution in [0.2, 0.25) is 0 Å². The molecular formula is C22H33N3O4S. The summed E-state index contributed by atoms with van der Waals surface area (Å²) in [5.41, 5.74) is 1.08. The first-order chi connectivity index (χ1) is 14.4. The van der Waals surface area contributed by atoms with E-state index in [4.69, 9.17) is 0 Å². The number of hydrogen-bond acceptors (Lipinski definition) is 4. The maximum atomic E-state index is 13.1. The third-order valence-electron chi connectivity index (χ3n) is 6.05. The second-order valence-corrected chi connectivity index (χ2v) is 10.3. The Kier molecular flexibility index (Phi) is 7.88. The number of hydrogen-bond donors (Lipinski definition) is 2. The van der Waals surface area contributed by atoms with Gasteiger partial charge in [0.05, 0.1) is 11.4 Å². The number of benzene rings is 1. The summed E-state index contributed by atoms with van der Waals surface area (Å²) in [5.74, 6) is -0.435. The van der Waals surface area contributed by atoms with Crippen molar-refractivity contribution in [3.8, 4) is 0 Å². The minimum atomic E-state index is -3.60. The van der Waals surface area contributed by atoms with Crippen LogP contribution in [0.15, 0.2) is 23.1 Å². The van der Waals surface area contributed by atoms with E-state index in [1.807, 2.05) is 0 Å². The highest BCUT2D eigenvalue weighted by Gasteiger charge is 2.27. The molecule has 1 heterocycles. The van der Waals surface area contributed by atoms with Crippen molar-refractivity contribution in [1.82, 2.24) is 9.62 Å². The Morgan fingerprint density at radius 2 is 1.63 bits per heavy atom. The van der Waals surface area contributed by atoms with Crippen LogP contribution in [-0.2, 0) is 19.6 Å². The molecule has 8 heteroatoms. The van der Waals surface area contributed by atoms with Crippen molar-refractivity contribution >= 4 is 27.5 Å². The number of carbonyl (C=O) groups excluding carboxylic acids is 2. The minimum Gasteiger partial charge on any atom is -0.347 e. The standard InChI is InChI=1S/C22H33N3O4S/c1-17-11-12-19(15-20(17)30(28,29)25-13-7-2-3-8-14-25)24-21(26)16-23-22(27)18-9-5-4-6-10-18/h11-12,15,18H,2-10,13-14,16H2,1H3,(H,23,27)(H,24,26). The summed E-state index contributed by atoms with van der Waals surface area (Å²) in [6.45, 7) is 2.72. The second-order valence-electron chi connectivity index (χ2n) is 8.40. The molecule has 166 valence electrons. The van der Waals surface area contributed by atoms with E-state index in [-0.39, 0.29) is 29.2 Å². The Hall–Kier alpha value is -1.93. The fraction of sp³-hybridized carbons (Fsp3) is 0.636. The fourth-order valence-corrected chi connectivity index (χ4v) is 6.03. The summed E-state index contributed by atoms with van der Waals surface area (Å²) >= 11 is 0. The third kappa shape index (κ3) is 5.82. The van der Waals surface area contributed by atoms with Gasteiger partial charge in [0.15, 0.2) is 0 Å². The van der Waals surface area contributed by atoms with Crippen molar-refractivity contribution in [2.75, 3.05) is 25.0 Å². The number of anilines is 1. The lowest BCUT2D eigenvalue weighted by atomic mass is 9.89. The second kappa shape index (κ2) is 10.4. The van der Waals surface area contributed by atoms with E-state index in [2.05, 4.69) is 10.6 Å². The van der Waals surface area contributed by atoms with Crippen molar-refractivity contribution in [1.29, 1.82) is 0 Å². The Bertz CT molecular complexity index is 855. The number of aryl methyl sites for hydroxylation is 1. The predicted molar refractivity (Wildman–Crippen MR) is 117 cm³/mol. The molecule has 1 saturated carbocycles. The molecule has 2 N–H and O–H groups in total. The summed E-state index contributed by atoms with van der Waals surface area (Å²) in [7, 11) is -3.60. The van der Waals surface area contributed by atoms with Crippen LogP contribution in [0.25, 0.3) is 0 Å². The van der Waals surface area contributed by atoms with Gasteiger partial charge in [0, 0.05) is 24.7 Å². The maximum absolute atomic E-state index is 13.1. The van der Waals surface area contributed by atoms with Crippen LogP contribution in [0.4, 0.5) is 5.69 Å². The smallest absolute Gasteiger partial charge is 0.243 e. The topological polar surface area (TPSA) is 95.6 Å². The van der Waals surface area contributed by atoms with Crippen molar-refractivity contribution in [3.63, 3.8) is 0 Å². The van der Waals surface area contributed by atoms with Crippen molar-refractivity contribution in [2.24, 2.45) is 5.92 Å². The highest BCUT2D eigenvalue weighted by molar-refractivity contribution is 7.89. The highest BCUT2D eigenvalue weighted by Crippen LogP contribution is 2.26. The lowest BCUT2D eigenvalue weighted by Gasteiger charge is -2.22. The van der Waals surface area contributed by atoms with E-state index < -0.39 is 10.0 Å². The summed E-state index contributed by atoms with van der Waals surface area (Å²) in [4.78, 5) is 24.7. The first-order valence-corrected chi connectivity index (χ1v) is 12.5. The van der Waals surface area contributed by atoms with Crippen molar-refractivity contribution in [3.05, 3.63) is 23.8 Å². The van der Waals surface area contributed by atoms with Gasteiger partial charge < -0.3 is 10.6 Å². The van der Waals surface area contributed by atoms with Crippen molar-refractivity contribution < 1.29 is 18.0 Å². The largest absolute Gasteiger partial charge is 0.347 e. The third-order valence-corrected chi connectivity index (χ3v) is 8.09. The number of carbonyl (C=O) groups is 2. The quantitative estimate of drug-likeness (QED) is 0.717. The Morgan fingerprint density at radius 3 is 2.30 bits per heavy atom. The molecule has 0 bridgehead atoms. The fourth-order valence-electron chi connectivity index (χ4n) is 4.26. The lowest BCUT2D eigenvalue weighted by Crippen LogP contribution is -2.37. The monoisotopic (exact) mass is 435 g/mol. The van der Waals surface area contributed by atoms with E-state index in [1.54, 1.807) is 23.4 Å². The summed E-state index contributed by atoms with van der Waals surface area (Å²) in [6.07, 6.45) is 8.88. The van der Waals surface area contributed by atoms with E-state index in [0.29, 0.717) is 24.3 Å². The molecule has 1 aliphatic heterocycles. The average molecular weight is 436 g/mol. The van der Waals surface area contributed by atoms with Gasteiger partial charge >= 0.3 is 0 Å². The van der Waals surface area contributed by atoms with Crippen LogP contribution in [0.5, 0.6) is 0 Å². The van der Waals surface area contributed by atoms with Gasteiger partial charge in [0.2, 0.25) is 21.8 Å². The number of nitrogens with zero attached hydrogens (tertiary/aromatic N) is 1. The number of nitrogens with one attached hydrogen (secondary N) is 2. The highest BCUT2D eigenvalue weighted by atomic mass is 32.2. The van der Waals surface area contributed by atoms with Gasteiger partial charge in [-0.25, -0.2) is 8.42 Å². The zero-order chi connectivity index (χ0) is 21.6. The molecule has 30 heavy (non-hydrogen) atoms. The van der Waals surface area contributed by atoms with Gasteiger partial charge in [-0.2, -0.15) is 4.31 Å². The normalized spacial score (nSPS) is 19.1. The van der Waals surface area contributed by atoms with Gasteiger partial charge in [0.25, 0.3) is 0 Å². The molecule has 1 saturated heterocycles. The number of sulfonamides is 1. The van der Waals surface area contributed by atoms with Crippen LogP contribution in [0.3, 0.4) is 0 Å². The van der Waals surface area contributed by atoms with Gasteiger partial charge in [0.1, 0.15) is 0 Å². The predicted octanol–water partition coefficient (Wildman–Crippen LogP) is 3.19. The van der Waals surface area contributed by atoms with E-state index in [9.17, 15) is 18.0 Å². The lowest BCUT2D eigenvalue weighted by molar-refractivity contribution is -0.128. The minimum absolute atomic E-state index is 0.00343. The molecule has 2 fully saturated rings. The zero-order valence-corrected chi connectivity index (χ0v) is 18.6. The molecule has 3 rings (SSSR count). The number of rotatable bonds is 6. The molecule has 0 radical (unpaired) electrons. The molecule has 0 atom stereocenters. The van der Waals surface area contributed by atoms with Crippen LogP contribution in [0.1, 0.15) is 63.4 Å². The van der Waals surface area contributed by atoms with E-state index in [0.717, 1.165) is 51.4 Å². The SMILES string of the molecule is Cc1ccc(NC(=O)CNC(=O)C2CCCCC2)cc1S(=O)(=O)N1CCCCCC1. The molecule has 0 spiro atoms. The van der Waals surface area contributed by atoms with Crippen molar-refractivity contribution in [2.45, 2.75) is 69.6 Å². The van der Waals surface area contributed by atoms with Gasteiger partial charge in [-0.1, -0.05) is 38.2 Å². The van der Waals surface area contributed by atoms with E-state index in [1.165, 1.54) is 12.5 Å². The summed E-state index contributed by atoms with van der Waals surface area (Å²) in [6, 6.07) is 4.93. The Morgan fingerprint density at radius 1 is 1.00 bits per heavy atom. The molecule has 1 aliphatic carbocycles. The van der Waals surface area contributed by atoms with Gasteiger partial charge in [-0.3, -0.25) is 9.59 Å². The molecule has 2 aliphatic rings. The van der Waals surface area contributed by atoms with E-state index >= 15 is 0 Å². The average Bonchev–Trinajstić information content (AvgIpc) is 3.04. The molecule has 2 amide bonds. The maximum Gasteiger partial charge on any atom is 0.243 e. The van der Waals surface area contributed by atoms with Crippen LogP contribution in [0, 0.1) is 12.8 Å². The van der Waals surface area contributed by atoms with Crippen LogP contribution >= 0.6 is 0 Å².